The van der Waals surface area contributed by atoms with E-state index < -0.39 is 0 Å². The minimum absolute atomic E-state index is 0.230. The van der Waals surface area contributed by atoms with Crippen molar-refractivity contribution < 1.29 is 0 Å². The summed E-state index contributed by atoms with van der Waals surface area (Å²) in [6.07, 6.45) is 0. The predicted octanol–water partition coefficient (Wildman–Crippen LogP) is 4.31. The maximum Gasteiger partial charge on any atom is 0.261 e. The fourth-order valence-electron chi connectivity index (χ4n) is 4.05. The SMILES string of the molecule is CC(C)(CN)Cn1c(=O)c2ccc3sc4ccccc4c4ccc(c1=O)c2c34. The van der Waals surface area contributed by atoms with E-state index in [2.05, 4.69) is 12.1 Å². The molecule has 0 aliphatic heterocycles. The largest absolute Gasteiger partial charge is 0.330 e. The monoisotopic (exact) mass is 388 g/mol. The summed E-state index contributed by atoms with van der Waals surface area (Å²) >= 11 is 1.69. The van der Waals surface area contributed by atoms with Crippen LogP contribution in [-0.4, -0.2) is 11.1 Å². The highest BCUT2D eigenvalue weighted by Gasteiger charge is 2.22. The molecule has 5 heteroatoms. The molecule has 0 unspecified atom stereocenters. The fraction of sp³-hybridized carbons (Fsp3) is 0.217. The Morgan fingerprint density at radius 3 is 2.18 bits per heavy atom. The Balaban J connectivity index is 1.98. The number of hydrogen-bond acceptors (Lipinski definition) is 4. The number of hydrogen-bond donors (Lipinski definition) is 1. The molecule has 0 saturated carbocycles. The average Bonchev–Trinajstić information content (AvgIpc) is 2.70. The van der Waals surface area contributed by atoms with Crippen LogP contribution in [0.2, 0.25) is 0 Å². The molecule has 28 heavy (non-hydrogen) atoms. The van der Waals surface area contributed by atoms with Crippen LogP contribution in [0.4, 0.5) is 0 Å². The molecule has 0 aliphatic rings. The standard InChI is InChI=1S/C23H20N2O2S/c1-23(2,11-24)12-25-21(26)15-8-7-14-13-5-3-4-6-17(13)28-18-10-9-16(22(25)27)19(15)20(14)18/h3-10H,11-12,24H2,1-2H3. The third-order valence-electron chi connectivity index (χ3n) is 5.61. The lowest BCUT2D eigenvalue weighted by Crippen LogP contribution is -2.40. The summed E-state index contributed by atoms with van der Waals surface area (Å²) in [7, 11) is 0. The van der Waals surface area contributed by atoms with Crippen molar-refractivity contribution in [2.75, 3.05) is 6.54 Å². The molecule has 0 amide bonds. The third kappa shape index (κ3) is 2.33. The van der Waals surface area contributed by atoms with E-state index in [1.165, 1.54) is 9.27 Å². The Morgan fingerprint density at radius 2 is 1.46 bits per heavy atom. The zero-order chi connectivity index (χ0) is 19.6. The van der Waals surface area contributed by atoms with Crippen molar-refractivity contribution in [1.29, 1.82) is 0 Å². The Morgan fingerprint density at radius 1 is 0.821 bits per heavy atom. The van der Waals surface area contributed by atoms with Crippen LogP contribution in [0.15, 0.2) is 58.1 Å². The molecule has 4 nitrogen and oxygen atoms in total. The molecule has 140 valence electrons. The molecule has 0 spiro atoms. The van der Waals surface area contributed by atoms with Crippen LogP contribution < -0.4 is 16.9 Å². The van der Waals surface area contributed by atoms with Gasteiger partial charge in [0.05, 0.1) is 0 Å². The first-order valence-corrected chi connectivity index (χ1v) is 10.2. The van der Waals surface area contributed by atoms with Crippen LogP contribution in [0.5, 0.6) is 0 Å². The van der Waals surface area contributed by atoms with Crippen LogP contribution in [0.1, 0.15) is 13.8 Å². The number of nitrogens with two attached hydrogens (primary N) is 1. The van der Waals surface area contributed by atoms with E-state index in [0.29, 0.717) is 23.9 Å². The topological polar surface area (TPSA) is 65.1 Å². The maximum absolute atomic E-state index is 13.2. The second-order valence-corrected chi connectivity index (χ2v) is 9.27. The second-order valence-electron chi connectivity index (χ2n) is 8.18. The number of fused-ring (bicyclic) bond motifs is 2. The number of benzene rings is 3. The molecule has 5 aromatic rings. The predicted molar refractivity (Wildman–Crippen MR) is 119 cm³/mol. The summed E-state index contributed by atoms with van der Waals surface area (Å²) in [5.74, 6) is 0. The first-order chi connectivity index (χ1) is 13.4. The number of rotatable bonds is 3. The lowest BCUT2D eigenvalue weighted by atomic mass is 9.93. The van der Waals surface area contributed by atoms with Crippen molar-refractivity contribution in [1.82, 2.24) is 4.57 Å². The van der Waals surface area contributed by atoms with Gasteiger partial charge in [0.1, 0.15) is 0 Å². The smallest absolute Gasteiger partial charge is 0.261 e. The first-order valence-electron chi connectivity index (χ1n) is 9.34. The third-order valence-corrected chi connectivity index (χ3v) is 6.75. The molecule has 0 fully saturated rings. The second kappa shape index (κ2) is 5.87. The van der Waals surface area contributed by atoms with E-state index in [1.54, 1.807) is 11.3 Å². The molecule has 2 aromatic heterocycles. The Hall–Kier alpha value is -2.76. The van der Waals surface area contributed by atoms with Crippen LogP contribution in [0.3, 0.4) is 0 Å². The summed E-state index contributed by atoms with van der Waals surface area (Å²) in [5.41, 5.74) is 5.05. The number of pyridine rings is 1. The molecule has 0 radical (unpaired) electrons. The van der Waals surface area contributed by atoms with Crippen molar-refractivity contribution >= 4 is 53.1 Å². The quantitative estimate of drug-likeness (QED) is 0.370. The minimum Gasteiger partial charge on any atom is -0.330 e. The zero-order valence-corrected chi connectivity index (χ0v) is 16.6. The lowest BCUT2D eigenvalue weighted by molar-refractivity contribution is 0.310. The van der Waals surface area contributed by atoms with Gasteiger partial charge in [-0.05, 0) is 47.0 Å². The molecular formula is C23H20N2O2S. The number of nitrogens with zero attached hydrogens (tertiary/aromatic N) is 1. The van der Waals surface area contributed by atoms with Gasteiger partial charge in [0.25, 0.3) is 11.1 Å². The van der Waals surface area contributed by atoms with Gasteiger partial charge in [0.15, 0.2) is 0 Å². The highest BCUT2D eigenvalue weighted by molar-refractivity contribution is 7.25. The minimum atomic E-state index is -0.331. The molecule has 2 N–H and O–H groups in total. The average molecular weight is 388 g/mol. The van der Waals surface area contributed by atoms with Gasteiger partial charge in [-0.25, -0.2) is 0 Å². The molecule has 0 aliphatic carbocycles. The van der Waals surface area contributed by atoms with Crippen LogP contribution >= 0.6 is 11.3 Å². The van der Waals surface area contributed by atoms with Crippen molar-refractivity contribution in [3.63, 3.8) is 0 Å². The van der Waals surface area contributed by atoms with Gasteiger partial charge >= 0.3 is 0 Å². The van der Waals surface area contributed by atoms with E-state index in [0.717, 1.165) is 26.2 Å². The van der Waals surface area contributed by atoms with Gasteiger partial charge in [0, 0.05) is 37.5 Å². The van der Waals surface area contributed by atoms with Gasteiger partial charge in [0.2, 0.25) is 0 Å². The van der Waals surface area contributed by atoms with Crippen LogP contribution in [-0.2, 0) is 6.54 Å². The Labute approximate surface area is 165 Å². The highest BCUT2D eigenvalue weighted by Crippen LogP contribution is 2.39. The lowest BCUT2D eigenvalue weighted by Gasteiger charge is -2.23. The van der Waals surface area contributed by atoms with E-state index in [-0.39, 0.29) is 16.5 Å². The van der Waals surface area contributed by atoms with Gasteiger partial charge < -0.3 is 5.73 Å². The van der Waals surface area contributed by atoms with Crippen molar-refractivity contribution in [3.05, 3.63) is 69.2 Å². The molecule has 2 heterocycles. The van der Waals surface area contributed by atoms with Gasteiger partial charge in [-0.2, -0.15) is 0 Å². The summed E-state index contributed by atoms with van der Waals surface area (Å²) < 4.78 is 3.64. The summed E-state index contributed by atoms with van der Waals surface area (Å²) in [4.78, 5) is 26.5. The molecule has 5 rings (SSSR count). The Kier molecular flexibility index (Phi) is 3.63. The van der Waals surface area contributed by atoms with E-state index in [1.807, 2.05) is 50.2 Å². The number of aromatic nitrogens is 1. The van der Waals surface area contributed by atoms with E-state index >= 15 is 0 Å². The first kappa shape index (κ1) is 17.3. The summed E-state index contributed by atoms with van der Waals surface area (Å²) in [5, 5.41) is 5.23. The fourth-order valence-corrected chi connectivity index (χ4v) is 5.17. The maximum atomic E-state index is 13.2. The molecular weight excluding hydrogens is 368 g/mol. The van der Waals surface area contributed by atoms with Crippen molar-refractivity contribution in [3.8, 4) is 0 Å². The molecule has 0 saturated heterocycles. The normalized spacial score (nSPS) is 12.7. The highest BCUT2D eigenvalue weighted by atomic mass is 32.1. The molecule has 3 aromatic carbocycles. The molecule has 0 bridgehead atoms. The summed E-state index contributed by atoms with van der Waals surface area (Å²) in [6.45, 7) is 4.65. The zero-order valence-electron chi connectivity index (χ0n) is 15.8. The summed E-state index contributed by atoms with van der Waals surface area (Å²) in [6, 6.07) is 16.0. The van der Waals surface area contributed by atoms with Gasteiger partial charge in [-0.3, -0.25) is 14.2 Å². The van der Waals surface area contributed by atoms with Crippen molar-refractivity contribution in [2.45, 2.75) is 20.4 Å². The van der Waals surface area contributed by atoms with Crippen LogP contribution in [0.25, 0.3) is 41.7 Å². The Bertz CT molecular complexity index is 1460. The van der Waals surface area contributed by atoms with Crippen molar-refractivity contribution in [2.24, 2.45) is 11.1 Å². The van der Waals surface area contributed by atoms with Crippen LogP contribution in [0, 0.1) is 5.41 Å². The van der Waals surface area contributed by atoms with E-state index in [4.69, 9.17) is 5.73 Å². The van der Waals surface area contributed by atoms with Gasteiger partial charge in [-0.15, -0.1) is 11.3 Å². The molecule has 0 atom stereocenters. The van der Waals surface area contributed by atoms with E-state index in [9.17, 15) is 9.59 Å². The van der Waals surface area contributed by atoms with Gasteiger partial charge in [-0.1, -0.05) is 38.1 Å².